The molecule has 25 heavy (non-hydrogen) atoms. The summed E-state index contributed by atoms with van der Waals surface area (Å²) in [5.41, 5.74) is 1.25. The predicted molar refractivity (Wildman–Crippen MR) is 93.0 cm³/mol. The third kappa shape index (κ3) is 2.91. The van der Waals surface area contributed by atoms with E-state index in [4.69, 9.17) is 16.7 Å². The lowest BCUT2D eigenvalue weighted by Gasteiger charge is -2.32. The molecule has 0 bridgehead atoms. The van der Waals surface area contributed by atoms with Gasteiger partial charge < -0.3 is 15.0 Å². The van der Waals surface area contributed by atoms with Gasteiger partial charge in [-0.1, -0.05) is 0 Å². The van der Waals surface area contributed by atoms with Crippen LogP contribution in [-0.4, -0.2) is 39.8 Å². The lowest BCUT2D eigenvalue weighted by molar-refractivity contribution is 0.240. The number of nitrogens with zero attached hydrogens (tertiary/aromatic N) is 3. The van der Waals surface area contributed by atoms with Gasteiger partial charge in [-0.3, -0.25) is 0 Å². The van der Waals surface area contributed by atoms with Crippen LogP contribution < -0.4 is 4.90 Å². The van der Waals surface area contributed by atoms with Crippen LogP contribution in [-0.2, 0) is 0 Å². The molecular weight excluding hydrogens is 350 g/mol. The number of aliphatic hydroxyl groups excluding tert-OH is 1. The van der Waals surface area contributed by atoms with Gasteiger partial charge in [0, 0.05) is 25.8 Å². The van der Waals surface area contributed by atoms with Crippen LogP contribution in [0.2, 0.25) is 5.28 Å². The molecule has 1 aliphatic heterocycles. The number of rotatable bonds is 3. The topological polar surface area (TPSA) is 65.0 Å². The van der Waals surface area contributed by atoms with E-state index in [0.717, 1.165) is 38.4 Å². The fraction of sp³-hybridized carbons (Fsp3) is 0.412. The standard InChI is InChI=1S/C17H17ClF2N4O/c18-17-22-14-13-11(20)7-10(19)8-12(13)21-15(14)16(23-17)24-4-1-9(2-5-24)3-6-25/h7-9,21,25H,1-6H2. The third-order valence-corrected chi connectivity index (χ3v) is 5.03. The van der Waals surface area contributed by atoms with Gasteiger partial charge in [-0.05, 0) is 42.8 Å². The minimum absolute atomic E-state index is 0.0320. The molecule has 0 spiro atoms. The lowest BCUT2D eigenvalue weighted by Crippen LogP contribution is -2.34. The molecule has 0 aliphatic carbocycles. The third-order valence-electron chi connectivity index (χ3n) is 4.87. The summed E-state index contributed by atoms with van der Waals surface area (Å²) in [6.07, 6.45) is 2.67. The molecule has 4 rings (SSSR count). The first-order chi connectivity index (χ1) is 12.1. The highest BCUT2D eigenvalue weighted by molar-refractivity contribution is 6.29. The molecule has 1 aromatic carbocycles. The van der Waals surface area contributed by atoms with E-state index < -0.39 is 11.6 Å². The van der Waals surface area contributed by atoms with Crippen LogP contribution in [0.4, 0.5) is 14.6 Å². The molecule has 3 heterocycles. The van der Waals surface area contributed by atoms with Crippen molar-refractivity contribution in [1.82, 2.24) is 15.0 Å². The van der Waals surface area contributed by atoms with Gasteiger partial charge in [-0.2, -0.15) is 4.98 Å². The molecule has 0 unspecified atom stereocenters. The number of piperidine rings is 1. The average Bonchev–Trinajstić information content (AvgIpc) is 2.93. The zero-order valence-electron chi connectivity index (χ0n) is 13.4. The first kappa shape index (κ1) is 16.5. The van der Waals surface area contributed by atoms with E-state index in [1.807, 2.05) is 0 Å². The second-order valence-electron chi connectivity index (χ2n) is 6.42. The van der Waals surface area contributed by atoms with E-state index in [0.29, 0.717) is 28.3 Å². The Labute approximate surface area is 147 Å². The molecule has 2 N–H and O–H groups in total. The van der Waals surface area contributed by atoms with Crippen molar-refractivity contribution >= 4 is 39.4 Å². The van der Waals surface area contributed by atoms with E-state index in [1.165, 1.54) is 6.07 Å². The number of H-pyrrole nitrogens is 1. The number of hydrogen-bond acceptors (Lipinski definition) is 4. The second-order valence-corrected chi connectivity index (χ2v) is 6.76. The van der Waals surface area contributed by atoms with Crippen LogP contribution >= 0.6 is 11.6 Å². The summed E-state index contributed by atoms with van der Waals surface area (Å²) in [5.74, 6) is -0.234. The van der Waals surface area contributed by atoms with Gasteiger partial charge in [0.05, 0.1) is 10.9 Å². The Morgan fingerprint density at radius 3 is 2.72 bits per heavy atom. The minimum Gasteiger partial charge on any atom is -0.396 e. The van der Waals surface area contributed by atoms with Crippen LogP contribution in [0, 0.1) is 17.6 Å². The van der Waals surface area contributed by atoms with E-state index in [2.05, 4.69) is 19.9 Å². The van der Waals surface area contributed by atoms with Crippen molar-refractivity contribution in [3.63, 3.8) is 0 Å². The highest BCUT2D eigenvalue weighted by Gasteiger charge is 2.24. The summed E-state index contributed by atoms with van der Waals surface area (Å²) in [6, 6.07) is 2.08. The molecule has 0 saturated carbocycles. The van der Waals surface area contributed by atoms with Crippen molar-refractivity contribution < 1.29 is 13.9 Å². The summed E-state index contributed by atoms with van der Waals surface area (Å²) in [7, 11) is 0. The molecule has 1 saturated heterocycles. The van der Waals surface area contributed by atoms with Crippen LogP contribution in [0.3, 0.4) is 0 Å². The second kappa shape index (κ2) is 6.38. The normalized spacial score (nSPS) is 16.2. The van der Waals surface area contributed by atoms with Crippen LogP contribution in [0.15, 0.2) is 12.1 Å². The zero-order valence-corrected chi connectivity index (χ0v) is 14.2. The fourth-order valence-corrected chi connectivity index (χ4v) is 3.78. The Kier molecular flexibility index (Phi) is 4.21. The monoisotopic (exact) mass is 366 g/mol. The quantitative estimate of drug-likeness (QED) is 0.694. The first-order valence-electron chi connectivity index (χ1n) is 8.26. The lowest BCUT2D eigenvalue weighted by atomic mass is 9.94. The highest BCUT2D eigenvalue weighted by Crippen LogP contribution is 2.34. The zero-order chi connectivity index (χ0) is 17.6. The van der Waals surface area contributed by atoms with Gasteiger partial charge in [-0.25, -0.2) is 13.8 Å². The van der Waals surface area contributed by atoms with E-state index in [1.54, 1.807) is 0 Å². The first-order valence-corrected chi connectivity index (χ1v) is 8.64. The van der Waals surface area contributed by atoms with Crippen LogP contribution in [0.25, 0.3) is 21.9 Å². The Balaban J connectivity index is 1.81. The molecule has 2 aromatic heterocycles. The van der Waals surface area contributed by atoms with Crippen molar-refractivity contribution in [3.8, 4) is 0 Å². The number of fused-ring (bicyclic) bond motifs is 3. The fourth-order valence-electron chi connectivity index (χ4n) is 3.61. The summed E-state index contributed by atoms with van der Waals surface area (Å²) in [6.45, 7) is 1.72. The average molecular weight is 367 g/mol. The molecule has 0 atom stereocenters. The summed E-state index contributed by atoms with van der Waals surface area (Å²) < 4.78 is 27.8. The van der Waals surface area contributed by atoms with Crippen molar-refractivity contribution in [3.05, 3.63) is 29.1 Å². The number of anilines is 1. The van der Waals surface area contributed by atoms with E-state index >= 15 is 0 Å². The molecule has 1 aliphatic rings. The predicted octanol–water partition coefficient (Wildman–Crippen LogP) is 3.64. The van der Waals surface area contributed by atoms with Gasteiger partial charge in [0.1, 0.15) is 22.7 Å². The number of aromatic nitrogens is 3. The Hall–Kier alpha value is -1.99. The Morgan fingerprint density at radius 2 is 2.00 bits per heavy atom. The van der Waals surface area contributed by atoms with Gasteiger partial charge in [0.15, 0.2) is 5.82 Å². The maximum Gasteiger partial charge on any atom is 0.225 e. The number of nitrogens with one attached hydrogen (secondary N) is 1. The molecule has 8 heteroatoms. The molecule has 1 fully saturated rings. The van der Waals surface area contributed by atoms with Crippen molar-refractivity contribution in [2.75, 3.05) is 24.6 Å². The van der Waals surface area contributed by atoms with Gasteiger partial charge >= 0.3 is 0 Å². The summed E-state index contributed by atoms with van der Waals surface area (Å²) >= 11 is 6.07. The SMILES string of the molecule is OCCC1CCN(c2nc(Cl)nc3c2[nH]c2cc(F)cc(F)c23)CC1. The van der Waals surface area contributed by atoms with Gasteiger partial charge in [-0.15, -0.1) is 0 Å². The van der Waals surface area contributed by atoms with Crippen LogP contribution in [0.5, 0.6) is 0 Å². The van der Waals surface area contributed by atoms with Crippen molar-refractivity contribution in [2.24, 2.45) is 5.92 Å². The van der Waals surface area contributed by atoms with E-state index in [9.17, 15) is 8.78 Å². The Morgan fingerprint density at radius 1 is 1.24 bits per heavy atom. The number of benzene rings is 1. The smallest absolute Gasteiger partial charge is 0.225 e. The largest absolute Gasteiger partial charge is 0.396 e. The molecular formula is C17H17ClF2N4O. The van der Waals surface area contributed by atoms with Gasteiger partial charge in [0.25, 0.3) is 0 Å². The van der Waals surface area contributed by atoms with Crippen molar-refractivity contribution in [2.45, 2.75) is 19.3 Å². The molecule has 132 valence electrons. The maximum atomic E-state index is 14.3. The number of aromatic amines is 1. The molecule has 3 aromatic rings. The highest BCUT2D eigenvalue weighted by atomic mass is 35.5. The van der Waals surface area contributed by atoms with Crippen LogP contribution in [0.1, 0.15) is 19.3 Å². The number of halogens is 3. The maximum absolute atomic E-state index is 14.3. The number of hydrogen-bond donors (Lipinski definition) is 2. The number of aliphatic hydroxyl groups is 1. The minimum atomic E-state index is -0.677. The Bertz CT molecular complexity index is 937. The molecule has 0 radical (unpaired) electrons. The van der Waals surface area contributed by atoms with E-state index in [-0.39, 0.29) is 17.3 Å². The summed E-state index contributed by atoms with van der Waals surface area (Å²) in [4.78, 5) is 13.6. The summed E-state index contributed by atoms with van der Waals surface area (Å²) in [5, 5.41) is 9.34. The molecule has 0 amide bonds. The van der Waals surface area contributed by atoms with Gasteiger partial charge in [0.2, 0.25) is 5.28 Å². The molecule has 5 nitrogen and oxygen atoms in total. The van der Waals surface area contributed by atoms with Crippen molar-refractivity contribution in [1.29, 1.82) is 0 Å².